The SMILES string of the molecule is COc1ccc(-n2c(SCC#N)nnc2[C@H](Cc2ccccc2)NC(=O)Cc2c(C)[nH]c3ccccc23)cc1. The van der Waals surface area contributed by atoms with Crippen LogP contribution in [0, 0.1) is 18.3 Å². The van der Waals surface area contributed by atoms with E-state index >= 15 is 0 Å². The zero-order valence-electron chi connectivity index (χ0n) is 21.7. The van der Waals surface area contributed by atoms with Gasteiger partial charge in [0.25, 0.3) is 0 Å². The van der Waals surface area contributed by atoms with Crippen molar-refractivity contribution in [2.24, 2.45) is 0 Å². The van der Waals surface area contributed by atoms with Gasteiger partial charge in [0.05, 0.1) is 31.4 Å². The molecule has 9 heteroatoms. The van der Waals surface area contributed by atoms with E-state index in [1.165, 1.54) is 11.8 Å². The van der Waals surface area contributed by atoms with Crippen LogP contribution >= 0.6 is 11.8 Å². The number of hydrogen-bond donors (Lipinski definition) is 2. The van der Waals surface area contributed by atoms with Gasteiger partial charge in [-0.1, -0.05) is 60.3 Å². The van der Waals surface area contributed by atoms with Crippen LogP contribution in [0.15, 0.2) is 84.0 Å². The molecular formula is C30H28N6O2S. The molecule has 3 aromatic carbocycles. The zero-order chi connectivity index (χ0) is 27.2. The Bertz CT molecular complexity index is 1620. The second-order valence-electron chi connectivity index (χ2n) is 9.08. The number of fused-ring (bicyclic) bond motifs is 1. The van der Waals surface area contributed by atoms with E-state index in [1.807, 2.05) is 90.4 Å². The predicted molar refractivity (Wildman–Crippen MR) is 152 cm³/mol. The van der Waals surface area contributed by atoms with E-state index in [1.54, 1.807) is 7.11 Å². The van der Waals surface area contributed by atoms with E-state index in [2.05, 4.69) is 26.6 Å². The maximum Gasteiger partial charge on any atom is 0.225 e. The van der Waals surface area contributed by atoms with E-state index in [9.17, 15) is 10.1 Å². The molecule has 0 bridgehead atoms. The largest absolute Gasteiger partial charge is 0.497 e. The van der Waals surface area contributed by atoms with Crippen molar-refractivity contribution in [3.8, 4) is 17.5 Å². The smallest absolute Gasteiger partial charge is 0.225 e. The molecule has 2 heterocycles. The topological polar surface area (TPSA) is 109 Å². The first-order chi connectivity index (χ1) is 19.1. The van der Waals surface area contributed by atoms with Crippen molar-refractivity contribution in [3.63, 3.8) is 0 Å². The molecule has 1 atom stereocenters. The molecule has 0 saturated carbocycles. The van der Waals surface area contributed by atoms with Gasteiger partial charge in [-0.25, -0.2) is 0 Å². The molecule has 0 aliphatic carbocycles. The fourth-order valence-corrected chi connectivity index (χ4v) is 5.32. The monoisotopic (exact) mass is 536 g/mol. The third-order valence-corrected chi connectivity index (χ3v) is 7.34. The first-order valence-electron chi connectivity index (χ1n) is 12.6. The summed E-state index contributed by atoms with van der Waals surface area (Å²) in [4.78, 5) is 16.9. The first kappa shape index (κ1) is 26.1. The normalized spacial score (nSPS) is 11.7. The summed E-state index contributed by atoms with van der Waals surface area (Å²) in [6.07, 6.45) is 0.754. The standard InChI is InChI=1S/C30H28N6O2S/c1-20-25(24-10-6-7-11-26(24)32-20)19-28(37)33-27(18-21-8-4-3-5-9-21)29-34-35-30(39-17-16-31)36(29)22-12-14-23(38-2)15-13-22/h3-15,27,32H,17-19H2,1-2H3,(H,33,37)/t27-/m0/s1. The summed E-state index contributed by atoms with van der Waals surface area (Å²) in [6, 6.07) is 27.2. The van der Waals surface area contributed by atoms with Gasteiger partial charge in [-0.05, 0) is 54.8 Å². The molecule has 0 aliphatic rings. The van der Waals surface area contributed by atoms with Crippen molar-refractivity contribution in [2.45, 2.75) is 31.0 Å². The third-order valence-electron chi connectivity index (χ3n) is 6.55. The van der Waals surface area contributed by atoms with E-state index in [-0.39, 0.29) is 18.1 Å². The number of carbonyl (C=O) groups is 1. The number of ether oxygens (including phenoxy) is 1. The van der Waals surface area contributed by atoms with Crippen LogP contribution in [0.4, 0.5) is 0 Å². The van der Waals surface area contributed by atoms with Gasteiger partial charge in [0.1, 0.15) is 5.75 Å². The van der Waals surface area contributed by atoms with Crippen LogP contribution in [0.1, 0.15) is 28.7 Å². The number of nitrogens with one attached hydrogen (secondary N) is 2. The second-order valence-corrected chi connectivity index (χ2v) is 10.0. The van der Waals surface area contributed by atoms with Crippen LogP contribution in [-0.2, 0) is 17.6 Å². The van der Waals surface area contributed by atoms with E-state index in [0.717, 1.165) is 39.2 Å². The minimum atomic E-state index is -0.462. The number of nitrogens with zero attached hydrogens (tertiary/aromatic N) is 4. The van der Waals surface area contributed by atoms with Crippen molar-refractivity contribution in [3.05, 3.63) is 102 Å². The molecule has 0 spiro atoms. The highest BCUT2D eigenvalue weighted by Gasteiger charge is 2.25. The summed E-state index contributed by atoms with van der Waals surface area (Å²) < 4.78 is 7.24. The molecule has 0 radical (unpaired) electrons. The number of carbonyl (C=O) groups excluding carboxylic acids is 1. The van der Waals surface area contributed by atoms with Crippen LogP contribution in [0.5, 0.6) is 5.75 Å². The quantitative estimate of drug-likeness (QED) is 0.234. The maximum atomic E-state index is 13.5. The summed E-state index contributed by atoms with van der Waals surface area (Å²) in [6.45, 7) is 1.99. The number of aryl methyl sites for hydroxylation is 1. The lowest BCUT2D eigenvalue weighted by atomic mass is 10.0. The molecule has 5 aromatic rings. The van der Waals surface area contributed by atoms with Gasteiger partial charge in [-0.2, -0.15) is 5.26 Å². The number of aromatic amines is 1. The molecule has 8 nitrogen and oxygen atoms in total. The number of benzene rings is 3. The summed E-state index contributed by atoms with van der Waals surface area (Å²) >= 11 is 1.30. The molecule has 196 valence electrons. The number of thioether (sulfide) groups is 1. The molecule has 0 fully saturated rings. The third kappa shape index (κ3) is 5.81. The Labute approximate surface area is 231 Å². The van der Waals surface area contributed by atoms with Crippen LogP contribution in [0.2, 0.25) is 0 Å². The molecule has 0 saturated heterocycles. The van der Waals surface area contributed by atoms with Crippen molar-refractivity contribution in [2.75, 3.05) is 12.9 Å². The summed E-state index contributed by atoms with van der Waals surface area (Å²) in [5, 5.41) is 23.0. The Balaban J connectivity index is 1.52. The van der Waals surface area contributed by atoms with Crippen molar-refractivity contribution in [1.82, 2.24) is 25.1 Å². The highest BCUT2D eigenvalue weighted by atomic mass is 32.2. The molecule has 0 aliphatic heterocycles. The number of H-pyrrole nitrogens is 1. The van der Waals surface area contributed by atoms with Gasteiger partial charge < -0.3 is 15.0 Å². The zero-order valence-corrected chi connectivity index (χ0v) is 22.5. The van der Waals surface area contributed by atoms with Gasteiger partial charge in [-0.3, -0.25) is 9.36 Å². The Kier molecular flexibility index (Phi) is 7.94. The molecule has 2 N–H and O–H groups in total. The molecule has 39 heavy (non-hydrogen) atoms. The van der Waals surface area contributed by atoms with Crippen molar-refractivity contribution >= 4 is 28.6 Å². The number of hydrogen-bond acceptors (Lipinski definition) is 6. The fourth-order valence-electron chi connectivity index (χ4n) is 4.70. The average Bonchev–Trinajstić information content (AvgIpc) is 3.52. The summed E-state index contributed by atoms with van der Waals surface area (Å²) in [5.74, 6) is 1.43. The van der Waals surface area contributed by atoms with Crippen LogP contribution in [0.3, 0.4) is 0 Å². The number of methoxy groups -OCH3 is 1. The number of nitriles is 1. The summed E-state index contributed by atoms with van der Waals surface area (Å²) in [5.41, 5.74) is 4.83. The lowest BCUT2D eigenvalue weighted by molar-refractivity contribution is -0.121. The predicted octanol–water partition coefficient (Wildman–Crippen LogP) is 5.32. The first-order valence-corrected chi connectivity index (χ1v) is 13.5. The van der Waals surface area contributed by atoms with Crippen molar-refractivity contribution < 1.29 is 9.53 Å². The number of rotatable bonds is 10. The second kappa shape index (κ2) is 11.9. The van der Waals surface area contributed by atoms with Gasteiger partial charge in [0.15, 0.2) is 11.0 Å². The Morgan fingerprint density at radius 2 is 1.82 bits per heavy atom. The number of amides is 1. The minimum Gasteiger partial charge on any atom is -0.497 e. The minimum absolute atomic E-state index is 0.112. The maximum absolute atomic E-state index is 13.5. The molecule has 1 amide bonds. The van der Waals surface area contributed by atoms with E-state index in [4.69, 9.17) is 4.74 Å². The van der Waals surface area contributed by atoms with Gasteiger partial charge in [0, 0.05) is 22.3 Å². The van der Waals surface area contributed by atoms with E-state index < -0.39 is 6.04 Å². The number of aromatic nitrogens is 4. The molecule has 2 aromatic heterocycles. The van der Waals surface area contributed by atoms with Crippen LogP contribution in [0.25, 0.3) is 16.6 Å². The highest BCUT2D eigenvalue weighted by molar-refractivity contribution is 7.99. The fraction of sp³-hybridized carbons (Fsp3) is 0.200. The van der Waals surface area contributed by atoms with Crippen LogP contribution in [-0.4, -0.2) is 38.5 Å². The van der Waals surface area contributed by atoms with Crippen LogP contribution < -0.4 is 10.1 Å². The Hall–Kier alpha value is -4.55. The van der Waals surface area contributed by atoms with Gasteiger partial charge in [-0.15, -0.1) is 10.2 Å². The molecule has 0 unspecified atom stereocenters. The van der Waals surface area contributed by atoms with E-state index in [0.29, 0.717) is 17.4 Å². The molecule has 5 rings (SSSR count). The Morgan fingerprint density at radius 1 is 1.08 bits per heavy atom. The average molecular weight is 537 g/mol. The number of para-hydroxylation sites is 1. The Morgan fingerprint density at radius 3 is 2.56 bits per heavy atom. The van der Waals surface area contributed by atoms with Gasteiger partial charge >= 0.3 is 0 Å². The van der Waals surface area contributed by atoms with Gasteiger partial charge in [0.2, 0.25) is 5.91 Å². The van der Waals surface area contributed by atoms with Crippen molar-refractivity contribution in [1.29, 1.82) is 5.26 Å². The molecular weight excluding hydrogens is 508 g/mol. The lowest BCUT2D eigenvalue weighted by Crippen LogP contribution is -2.33. The lowest BCUT2D eigenvalue weighted by Gasteiger charge is -2.20. The highest BCUT2D eigenvalue weighted by Crippen LogP contribution is 2.29. The summed E-state index contributed by atoms with van der Waals surface area (Å²) in [7, 11) is 1.62.